The van der Waals surface area contributed by atoms with Crippen LogP contribution in [0.15, 0.2) is 47.1 Å². The molecule has 5 nitrogen and oxygen atoms in total. The summed E-state index contributed by atoms with van der Waals surface area (Å²) in [5.41, 5.74) is 3.29. The number of carbonyl (C=O) groups excluding carboxylic acids is 1. The fourth-order valence-corrected chi connectivity index (χ4v) is 2.71. The van der Waals surface area contributed by atoms with Crippen molar-refractivity contribution in [3.05, 3.63) is 59.6 Å². The van der Waals surface area contributed by atoms with Crippen molar-refractivity contribution in [3.8, 4) is 0 Å². The first kappa shape index (κ1) is 15.4. The number of likely N-dealkylation sites (N-methyl/N-ethyl adjacent to an activating group) is 1. The Morgan fingerprint density at radius 1 is 1.48 bits per heavy atom. The van der Waals surface area contributed by atoms with Crippen LogP contribution < -0.4 is 10.2 Å². The van der Waals surface area contributed by atoms with E-state index in [0.717, 1.165) is 18.5 Å². The van der Waals surface area contributed by atoms with Crippen LogP contribution in [0.3, 0.4) is 0 Å². The fourth-order valence-electron chi connectivity index (χ4n) is 2.71. The molecule has 120 valence electrons. The third kappa shape index (κ3) is 3.63. The third-order valence-electron chi connectivity index (χ3n) is 4.03. The lowest BCUT2D eigenvalue weighted by atomic mass is 10.0. The van der Waals surface area contributed by atoms with Gasteiger partial charge in [0.25, 0.3) is 0 Å². The number of benzene rings is 1. The number of rotatable bonds is 5. The van der Waals surface area contributed by atoms with Crippen LogP contribution in [0.2, 0.25) is 0 Å². The number of amides is 1. The minimum Gasteiger partial charge on any atom is -0.465 e. The molecule has 0 fully saturated rings. The van der Waals surface area contributed by atoms with Crippen LogP contribution in [0.25, 0.3) is 6.08 Å². The summed E-state index contributed by atoms with van der Waals surface area (Å²) in [6.45, 7) is 1.18. The SMILES string of the molecule is CN1CCc2cc([C@H](O)CNC(=O)/C=C/c3ccco3)ccc21. The maximum atomic E-state index is 11.7. The van der Waals surface area contributed by atoms with E-state index < -0.39 is 6.10 Å². The molecule has 0 radical (unpaired) electrons. The van der Waals surface area contributed by atoms with Crippen molar-refractivity contribution >= 4 is 17.7 Å². The standard InChI is InChI=1S/C18H20N2O3/c1-20-9-8-13-11-14(4-6-16(13)20)17(21)12-19-18(22)7-5-15-3-2-10-23-15/h2-7,10-11,17,21H,8-9,12H2,1H3,(H,19,22)/b7-5+/t17-/m1/s1. The van der Waals surface area contributed by atoms with Gasteiger partial charge in [-0.25, -0.2) is 0 Å². The number of aliphatic hydroxyl groups is 1. The Hall–Kier alpha value is -2.53. The molecule has 0 aliphatic carbocycles. The predicted molar refractivity (Wildman–Crippen MR) is 89.1 cm³/mol. The summed E-state index contributed by atoms with van der Waals surface area (Å²) in [5.74, 6) is 0.352. The predicted octanol–water partition coefficient (Wildman–Crippen LogP) is 2.13. The number of carbonyl (C=O) groups is 1. The summed E-state index contributed by atoms with van der Waals surface area (Å²) in [5, 5.41) is 12.9. The number of furan rings is 1. The molecule has 1 aromatic carbocycles. The van der Waals surface area contributed by atoms with Gasteiger partial charge in [-0.3, -0.25) is 4.79 Å². The summed E-state index contributed by atoms with van der Waals surface area (Å²) in [7, 11) is 2.06. The van der Waals surface area contributed by atoms with Crippen molar-refractivity contribution in [3.63, 3.8) is 0 Å². The summed E-state index contributed by atoms with van der Waals surface area (Å²) in [4.78, 5) is 13.9. The lowest BCUT2D eigenvalue weighted by Gasteiger charge is -2.15. The molecular formula is C18H20N2O3. The lowest BCUT2D eigenvalue weighted by Crippen LogP contribution is -2.26. The Balaban J connectivity index is 1.55. The first-order valence-corrected chi connectivity index (χ1v) is 7.65. The number of fused-ring (bicyclic) bond motifs is 1. The van der Waals surface area contributed by atoms with Gasteiger partial charge in [0, 0.05) is 31.9 Å². The van der Waals surface area contributed by atoms with Gasteiger partial charge in [-0.15, -0.1) is 0 Å². The van der Waals surface area contributed by atoms with Crippen LogP contribution in [-0.4, -0.2) is 31.2 Å². The Kier molecular flexibility index (Phi) is 4.48. The molecule has 23 heavy (non-hydrogen) atoms. The van der Waals surface area contributed by atoms with Gasteiger partial charge in [-0.1, -0.05) is 12.1 Å². The van der Waals surface area contributed by atoms with Crippen LogP contribution >= 0.6 is 0 Å². The van der Waals surface area contributed by atoms with Crippen LogP contribution in [0, 0.1) is 0 Å². The van der Waals surface area contributed by atoms with Crippen molar-refractivity contribution in [1.82, 2.24) is 5.32 Å². The molecule has 1 atom stereocenters. The second-order valence-electron chi connectivity index (χ2n) is 5.67. The lowest BCUT2D eigenvalue weighted by molar-refractivity contribution is -0.116. The smallest absolute Gasteiger partial charge is 0.244 e. The Morgan fingerprint density at radius 2 is 2.35 bits per heavy atom. The summed E-state index contributed by atoms with van der Waals surface area (Å²) < 4.78 is 5.11. The normalized spacial score (nSPS) is 15.0. The van der Waals surface area contributed by atoms with Crippen LogP contribution in [0.1, 0.15) is 23.0 Å². The largest absolute Gasteiger partial charge is 0.465 e. The highest BCUT2D eigenvalue weighted by molar-refractivity contribution is 5.91. The molecule has 0 spiro atoms. The number of nitrogens with zero attached hydrogens (tertiary/aromatic N) is 1. The topological polar surface area (TPSA) is 65.7 Å². The molecule has 0 unspecified atom stereocenters. The maximum Gasteiger partial charge on any atom is 0.244 e. The van der Waals surface area contributed by atoms with Gasteiger partial charge >= 0.3 is 0 Å². The minimum absolute atomic E-state index is 0.177. The van der Waals surface area contributed by atoms with Gasteiger partial charge in [0.15, 0.2) is 0 Å². The zero-order valence-corrected chi connectivity index (χ0v) is 13.0. The van der Waals surface area contributed by atoms with Gasteiger partial charge in [0.2, 0.25) is 5.91 Å². The molecule has 0 bridgehead atoms. The highest BCUT2D eigenvalue weighted by Gasteiger charge is 2.17. The van der Waals surface area contributed by atoms with Gasteiger partial charge in [0.05, 0.1) is 12.4 Å². The highest BCUT2D eigenvalue weighted by atomic mass is 16.3. The zero-order chi connectivity index (χ0) is 16.2. The van der Waals surface area contributed by atoms with E-state index in [1.807, 2.05) is 18.2 Å². The summed E-state index contributed by atoms with van der Waals surface area (Å²) in [6, 6.07) is 9.48. The maximum absolute atomic E-state index is 11.7. The first-order valence-electron chi connectivity index (χ1n) is 7.65. The van der Waals surface area contributed by atoms with Crippen molar-refractivity contribution in [2.24, 2.45) is 0 Å². The molecule has 5 heteroatoms. The Morgan fingerprint density at radius 3 is 3.13 bits per heavy atom. The average molecular weight is 312 g/mol. The van der Waals surface area contributed by atoms with E-state index in [-0.39, 0.29) is 12.5 Å². The molecule has 2 aromatic rings. The molecule has 2 N–H and O–H groups in total. The van der Waals surface area contributed by atoms with E-state index in [0.29, 0.717) is 5.76 Å². The molecule has 1 amide bonds. The van der Waals surface area contributed by atoms with Gasteiger partial charge in [-0.2, -0.15) is 0 Å². The number of hydrogen-bond acceptors (Lipinski definition) is 4. The molecule has 3 rings (SSSR count). The van der Waals surface area contributed by atoms with Gasteiger partial charge in [-0.05, 0) is 41.8 Å². The summed E-state index contributed by atoms with van der Waals surface area (Å²) >= 11 is 0. The van der Waals surface area contributed by atoms with Crippen LogP contribution in [0.5, 0.6) is 0 Å². The summed E-state index contributed by atoms with van der Waals surface area (Å²) in [6.07, 6.45) is 4.81. The zero-order valence-electron chi connectivity index (χ0n) is 13.0. The molecule has 0 saturated carbocycles. The van der Waals surface area contributed by atoms with Crippen LogP contribution in [0.4, 0.5) is 5.69 Å². The van der Waals surface area contributed by atoms with Crippen molar-refractivity contribution < 1.29 is 14.3 Å². The van der Waals surface area contributed by atoms with E-state index in [4.69, 9.17) is 4.42 Å². The first-order chi connectivity index (χ1) is 11.1. The second-order valence-corrected chi connectivity index (χ2v) is 5.67. The van der Waals surface area contributed by atoms with Crippen molar-refractivity contribution in [2.45, 2.75) is 12.5 Å². The van der Waals surface area contributed by atoms with Gasteiger partial charge in [0.1, 0.15) is 5.76 Å². The van der Waals surface area contributed by atoms with Crippen LogP contribution in [-0.2, 0) is 11.2 Å². The quantitative estimate of drug-likeness (QED) is 0.830. The van der Waals surface area contributed by atoms with E-state index in [2.05, 4.69) is 17.3 Å². The Bertz CT molecular complexity index is 707. The van der Waals surface area contributed by atoms with Crippen molar-refractivity contribution in [1.29, 1.82) is 0 Å². The minimum atomic E-state index is -0.716. The molecule has 1 aromatic heterocycles. The third-order valence-corrected chi connectivity index (χ3v) is 4.03. The highest BCUT2D eigenvalue weighted by Crippen LogP contribution is 2.29. The average Bonchev–Trinajstić information content (AvgIpc) is 3.20. The van der Waals surface area contributed by atoms with Gasteiger partial charge < -0.3 is 19.7 Å². The fraction of sp³-hybridized carbons (Fsp3) is 0.278. The number of hydrogen-bond donors (Lipinski definition) is 2. The Labute approximate surface area is 135 Å². The monoisotopic (exact) mass is 312 g/mol. The van der Waals surface area contributed by atoms with Crippen molar-refractivity contribution in [2.75, 3.05) is 25.0 Å². The molecule has 1 aliphatic heterocycles. The van der Waals surface area contributed by atoms with E-state index in [9.17, 15) is 9.90 Å². The number of nitrogens with one attached hydrogen (secondary N) is 1. The van der Waals surface area contributed by atoms with E-state index >= 15 is 0 Å². The number of aliphatic hydroxyl groups excluding tert-OH is 1. The van der Waals surface area contributed by atoms with E-state index in [1.165, 1.54) is 17.3 Å². The molecule has 1 aliphatic rings. The molecule has 0 saturated heterocycles. The second kappa shape index (κ2) is 6.71. The molecular weight excluding hydrogens is 292 g/mol. The van der Waals surface area contributed by atoms with E-state index in [1.54, 1.807) is 24.5 Å². The number of anilines is 1. The molecule has 2 heterocycles.